The third-order valence-electron chi connectivity index (χ3n) is 2.82. The van der Waals surface area contributed by atoms with Crippen molar-refractivity contribution >= 4 is 5.78 Å². The second-order valence-corrected chi connectivity index (χ2v) is 4.06. The lowest BCUT2D eigenvalue weighted by molar-refractivity contribution is 0.0983. The summed E-state index contributed by atoms with van der Waals surface area (Å²) < 4.78 is 5.16. The van der Waals surface area contributed by atoms with Gasteiger partial charge in [0.25, 0.3) is 0 Å². The summed E-state index contributed by atoms with van der Waals surface area (Å²) in [5.74, 6) is 0.987. The van der Waals surface area contributed by atoms with Crippen molar-refractivity contribution in [1.29, 1.82) is 0 Å². The van der Waals surface area contributed by atoms with E-state index < -0.39 is 0 Å². The molecule has 2 aromatic rings. The molecule has 18 heavy (non-hydrogen) atoms. The molecule has 0 bridgehead atoms. The van der Waals surface area contributed by atoms with Crippen LogP contribution in [0.25, 0.3) is 0 Å². The van der Waals surface area contributed by atoms with E-state index in [0.29, 0.717) is 6.42 Å². The molecule has 0 N–H and O–H groups in total. The van der Waals surface area contributed by atoms with Crippen molar-refractivity contribution in [3.05, 3.63) is 65.7 Å². The van der Waals surface area contributed by atoms with Crippen LogP contribution in [-0.2, 0) is 6.42 Å². The van der Waals surface area contributed by atoms with Crippen LogP contribution in [0.3, 0.4) is 0 Å². The number of carbonyl (C=O) groups is 1. The lowest BCUT2D eigenvalue weighted by Gasteiger charge is -2.04. The predicted molar refractivity (Wildman–Crippen MR) is 70.9 cm³/mol. The van der Waals surface area contributed by atoms with Crippen molar-refractivity contribution in [3.63, 3.8) is 0 Å². The molecule has 0 atom stereocenters. The van der Waals surface area contributed by atoms with Crippen LogP contribution in [0.15, 0.2) is 48.5 Å². The number of ketones is 1. The lowest BCUT2D eigenvalue weighted by Crippen LogP contribution is -2.00. The van der Waals surface area contributed by atoms with Gasteiger partial charge in [-0.3, -0.25) is 4.79 Å². The number of methoxy groups -OCH3 is 1. The fourth-order valence-electron chi connectivity index (χ4n) is 1.80. The molecule has 0 unspecified atom stereocenters. The molecule has 0 spiro atoms. The summed E-state index contributed by atoms with van der Waals surface area (Å²) in [6, 6.07) is 17.8. The molecule has 0 saturated carbocycles. The summed E-state index contributed by atoms with van der Waals surface area (Å²) in [5.41, 5.74) is 1.86. The van der Waals surface area contributed by atoms with Gasteiger partial charge in [0.2, 0.25) is 0 Å². The van der Waals surface area contributed by atoms with Crippen LogP contribution in [0.4, 0.5) is 0 Å². The lowest BCUT2D eigenvalue weighted by atomic mass is 10.0. The highest BCUT2D eigenvalue weighted by Gasteiger charge is 2.05. The van der Waals surface area contributed by atoms with Crippen molar-refractivity contribution in [1.82, 2.24) is 0 Å². The highest BCUT2D eigenvalue weighted by molar-refractivity contribution is 5.96. The van der Waals surface area contributed by atoms with E-state index in [4.69, 9.17) is 4.74 Å². The third kappa shape index (κ3) is 3.20. The van der Waals surface area contributed by atoms with Gasteiger partial charge >= 0.3 is 0 Å². The summed E-state index contributed by atoms with van der Waals surface area (Å²) in [6.07, 6.45) is 1.24. The molecule has 0 aliphatic carbocycles. The van der Waals surface area contributed by atoms with Crippen molar-refractivity contribution in [2.75, 3.05) is 7.11 Å². The van der Waals surface area contributed by atoms with E-state index in [1.165, 1.54) is 0 Å². The Balaban J connectivity index is 1.97. The fraction of sp³-hybridized carbons (Fsp3) is 0.188. The Morgan fingerprint density at radius 1 is 1.22 bits per heavy atom. The van der Waals surface area contributed by atoms with Gasteiger partial charge in [0.1, 0.15) is 5.75 Å². The Morgan fingerprint density at radius 2 is 2.00 bits per heavy atom. The number of rotatable bonds is 5. The fourth-order valence-corrected chi connectivity index (χ4v) is 1.80. The minimum Gasteiger partial charge on any atom is -0.497 e. The zero-order valence-electron chi connectivity index (χ0n) is 10.3. The first-order valence-electron chi connectivity index (χ1n) is 5.92. The van der Waals surface area contributed by atoms with Crippen molar-refractivity contribution in [2.24, 2.45) is 0 Å². The first-order valence-corrected chi connectivity index (χ1v) is 5.92. The van der Waals surface area contributed by atoms with Crippen LogP contribution in [0, 0.1) is 6.07 Å². The van der Waals surface area contributed by atoms with Gasteiger partial charge in [-0.05, 0) is 30.2 Å². The Hall–Kier alpha value is -2.09. The molecule has 91 valence electrons. The molecule has 0 aliphatic rings. The van der Waals surface area contributed by atoms with Gasteiger partial charge in [-0.25, -0.2) is 0 Å². The molecule has 0 amide bonds. The van der Waals surface area contributed by atoms with Crippen molar-refractivity contribution < 1.29 is 9.53 Å². The molecule has 2 nitrogen and oxygen atoms in total. The quantitative estimate of drug-likeness (QED) is 0.748. The molecule has 0 fully saturated rings. The number of benzene rings is 2. The number of hydrogen-bond acceptors (Lipinski definition) is 2. The molecule has 0 aliphatic heterocycles. The highest BCUT2D eigenvalue weighted by atomic mass is 16.5. The van der Waals surface area contributed by atoms with Gasteiger partial charge in [0.05, 0.1) is 7.11 Å². The van der Waals surface area contributed by atoms with E-state index in [0.717, 1.165) is 23.3 Å². The smallest absolute Gasteiger partial charge is 0.163 e. The van der Waals surface area contributed by atoms with Crippen LogP contribution < -0.4 is 4.74 Å². The monoisotopic (exact) mass is 239 g/mol. The van der Waals surface area contributed by atoms with Crippen molar-refractivity contribution in [2.45, 2.75) is 12.8 Å². The Bertz CT molecular complexity index is 518. The molecule has 0 saturated heterocycles. The first kappa shape index (κ1) is 12.4. The van der Waals surface area contributed by atoms with Gasteiger partial charge in [-0.15, -0.1) is 0 Å². The topological polar surface area (TPSA) is 26.3 Å². The highest BCUT2D eigenvalue weighted by Crippen LogP contribution is 2.15. The first-order chi connectivity index (χ1) is 8.79. The Morgan fingerprint density at radius 3 is 2.72 bits per heavy atom. The molecular weight excluding hydrogens is 224 g/mol. The average molecular weight is 239 g/mol. The zero-order chi connectivity index (χ0) is 12.8. The number of Topliss-reactive ketones (excluding diaryl/α,β-unsaturated/α-hetero) is 1. The van der Waals surface area contributed by atoms with E-state index in [9.17, 15) is 4.79 Å². The summed E-state index contributed by atoms with van der Waals surface area (Å²) in [4.78, 5) is 11.9. The van der Waals surface area contributed by atoms with Crippen LogP contribution in [0.5, 0.6) is 5.75 Å². The number of hydrogen-bond donors (Lipinski definition) is 0. The predicted octanol–water partition coefficient (Wildman–Crippen LogP) is 3.31. The van der Waals surface area contributed by atoms with Crippen molar-refractivity contribution in [3.8, 4) is 5.75 Å². The van der Waals surface area contributed by atoms with Crippen LogP contribution >= 0.6 is 0 Å². The van der Waals surface area contributed by atoms with E-state index in [-0.39, 0.29) is 5.78 Å². The summed E-state index contributed by atoms with van der Waals surface area (Å²) >= 11 is 0. The molecule has 2 heteroatoms. The number of aryl methyl sites for hydroxylation is 1. The second-order valence-electron chi connectivity index (χ2n) is 4.06. The molecule has 2 aromatic carbocycles. The summed E-state index contributed by atoms with van der Waals surface area (Å²) in [7, 11) is 1.64. The van der Waals surface area contributed by atoms with E-state index in [1.54, 1.807) is 31.4 Å². The van der Waals surface area contributed by atoms with Gasteiger partial charge in [0.15, 0.2) is 5.78 Å². The summed E-state index contributed by atoms with van der Waals surface area (Å²) in [6.45, 7) is 0. The number of ether oxygens (including phenoxy) is 1. The Kier molecular flexibility index (Phi) is 4.13. The SMILES string of the molecule is COc1cccc(CCC(=O)c2cc[c]cc2)c1. The third-order valence-corrected chi connectivity index (χ3v) is 2.82. The Labute approximate surface area is 107 Å². The minimum atomic E-state index is 0.159. The molecular formula is C16H15O2. The van der Waals surface area contributed by atoms with Gasteiger partial charge < -0.3 is 4.74 Å². The van der Waals surface area contributed by atoms with Gasteiger partial charge in [-0.2, -0.15) is 0 Å². The van der Waals surface area contributed by atoms with Gasteiger partial charge in [-0.1, -0.05) is 36.4 Å². The average Bonchev–Trinajstić information content (AvgIpc) is 2.46. The summed E-state index contributed by atoms with van der Waals surface area (Å²) in [5, 5.41) is 0. The minimum absolute atomic E-state index is 0.159. The maximum atomic E-state index is 11.9. The molecule has 2 rings (SSSR count). The molecule has 0 heterocycles. The van der Waals surface area contributed by atoms with Crippen LogP contribution in [0.1, 0.15) is 22.3 Å². The van der Waals surface area contributed by atoms with Gasteiger partial charge in [0, 0.05) is 12.0 Å². The largest absolute Gasteiger partial charge is 0.497 e. The maximum Gasteiger partial charge on any atom is 0.163 e. The van der Waals surface area contributed by atoms with Crippen LogP contribution in [0.2, 0.25) is 0 Å². The second kappa shape index (κ2) is 6.01. The molecule has 0 aromatic heterocycles. The van der Waals surface area contributed by atoms with E-state index >= 15 is 0 Å². The zero-order valence-corrected chi connectivity index (χ0v) is 10.3. The standard InChI is InChI=1S/C16H15O2/c1-18-15-9-5-6-13(12-15)10-11-16(17)14-7-3-2-4-8-14/h3-9,12H,10-11H2,1H3. The normalized spacial score (nSPS) is 10.1. The molecule has 1 radical (unpaired) electrons. The maximum absolute atomic E-state index is 11.9. The van der Waals surface area contributed by atoms with E-state index in [2.05, 4.69) is 6.07 Å². The number of carbonyl (C=O) groups excluding carboxylic acids is 1. The van der Waals surface area contributed by atoms with E-state index in [1.807, 2.05) is 24.3 Å². The van der Waals surface area contributed by atoms with Crippen LogP contribution in [-0.4, -0.2) is 12.9 Å².